The van der Waals surface area contributed by atoms with Crippen LogP contribution in [0.15, 0.2) is 67.1 Å². The topological polar surface area (TPSA) is 42.3 Å². The molecule has 1 fully saturated rings. The molecule has 3 heterocycles. The summed E-state index contributed by atoms with van der Waals surface area (Å²) >= 11 is 5.77. The zero-order chi connectivity index (χ0) is 19.7. The lowest BCUT2D eigenvalue weighted by molar-refractivity contribution is 0.414. The minimum absolute atomic E-state index is 0.0290. The number of rotatable bonds is 5. The highest BCUT2D eigenvalue weighted by Gasteiger charge is 2.42. The van der Waals surface area contributed by atoms with Crippen LogP contribution in [0.25, 0.3) is 0 Å². The van der Waals surface area contributed by atoms with E-state index in [0.29, 0.717) is 11.2 Å². The smallest absolute Gasteiger partial charge is 0.174 e. The molecule has 1 aromatic carbocycles. The predicted octanol–water partition coefficient (Wildman–Crippen LogP) is 4.65. The van der Waals surface area contributed by atoms with Crippen LogP contribution in [-0.2, 0) is 0 Å². The monoisotopic (exact) mass is 392 g/mol. The van der Waals surface area contributed by atoms with Gasteiger partial charge in [-0.3, -0.25) is 4.98 Å². The number of ether oxygens (including phenoxy) is 1. The largest absolute Gasteiger partial charge is 0.495 e. The van der Waals surface area contributed by atoms with Crippen molar-refractivity contribution in [2.75, 3.05) is 12.0 Å². The molecule has 0 spiro atoms. The van der Waals surface area contributed by atoms with Gasteiger partial charge in [0.15, 0.2) is 5.11 Å². The summed E-state index contributed by atoms with van der Waals surface area (Å²) in [4.78, 5) is 6.74. The molecule has 144 valence electrons. The number of benzene rings is 1. The van der Waals surface area contributed by atoms with Gasteiger partial charge in [-0.2, -0.15) is 0 Å². The SMILES string of the molecule is COc1ccccc1N1C(=S)N[C@H](c2ccccn2)[C@@H]1c1ccn(C(C)C)c1. The zero-order valence-corrected chi connectivity index (χ0v) is 17.1. The second kappa shape index (κ2) is 7.64. The predicted molar refractivity (Wildman–Crippen MR) is 116 cm³/mol. The van der Waals surface area contributed by atoms with Crippen LogP contribution in [0.2, 0.25) is 0 Å². The van der Waals surface area contributed by atoms with Crippen molar-refractivity contribution in [1.29, 1.82) is 0 Å². The highest BCUT2D eigenvalue weighted by atomic mass is 32.1. The average molecular weight is 393 g/mol. The number of para-hydroxylation sites is 2. The summed E-state index contributed by atoms with van der Waals surface area (Å²) in [6, 6.07) is 16.4. The van der Waals surface area contributed by atoms with Crippen LogP contribution in [0.4, 0.5) is 5.69 Å². The first-order valence-electron chi connectivity index (χ1n) is 9.41. The molecular weight excluding hydrogens is 368 g/mol. The fourth-order valence-corrected chi connectivity index (χ4v) is 4.05. The van der Waals surface area contributed by atoms with Crippen LogP contribution < -0.4 is 15.0 Å². The molecule has 0 unspecified atom stereocenters. The number of thiocarbonyl (C=S) groups is 1. The molecule has 1 aliphatic rings. The first-order valence-corrected chi connectivity index (χ1v) is 9.82. The van der Waals surface area contributed by atoms with Crippen LogP contribution >= 0.6 is 12.2 Å². The summed E-state index contributed by atoms with van der Waals surface area (Å²) in [5.74, 6) is 0.793. The molecule has 2 aromatic heterocycles. The Balaban J connectivity index is 1.84. The summed E-state index contributed by atoms with van der Waals surface area (Å²) in [7, 11) is 1.69. The molecule has 0 radical (unpaired) electrons. The number of methoxy groups -OCH3 is 1. The molecule has 2 atom stereocenters. The minimum Gasteiger partial charge on any atom is -0.495 e. The highest BCUT2D eigenvalue weighted by molar-refractivity contribution is 7.80. The quantitative estimate of drug-likeness (QED) is 0.640. The normalized spacial score (nSPS) is 19.1. The number of anilines is 1. The molecule has 0 bridgehead atoms. The molecule has 4 rings (SSSR count). The van der Waals surface area contributed by atoms with Gasteiger partial charge in [0.25, 0.3) is 0 Å². The molecule has 1 aliphatic heterocycles. The zero-order valence-electron chi connectivity index (χ0n) is 16.2. The fourth-order valence-electron chi connectivity index (χ4n) is 3.71. The number of nitrogens with zero attached hydrogens (tertiary/aromatic N) is 3. The van der Waals surface area contributed by atoms with Gasteiger partial charge in [0, 0.05) is 24.6 Å². The molecule has 0 saturated carbocycles. The van der Waals surface area contributed by atoms with Gasteiger partial charge in [-0.15, -0.1) is 0 Å². The van der Waals surface area contributed by atoms with Crippen LogP contribution in [0.1, 0.15) is 43.2 Å². The molecule has 6 heteroatoms. The summed E-state index contributed by atoms with van der Waals surface area (Å²) in [6.07, 6.45) is 6.14. The number of hydrogen-bond donors (Lipinski definition) is 1. The molecule has 0 amide bonds. The van der Waals surface area contributed by atoms with Crippen molar-refractivity contribution in [2.45, 2.75) is 32.0 Å². The Morgan fingerprint density at radius 1 is 1.11 bits per heavy atom. The van der Waals surface area contributed by atoms with Crippen molar-refractivity contribution in [2.24, 2.45) is 0 Å². The maximum Gasteiger partial charge on any atom is 0.174 e. The summed E-state index contributed by atoms with van der Waals surface area (Å²) in [5, 5.41) is 4.16. The second-order valence-electron chi connectivity index (χ2n) is 7.15. The van der Waals surface area contributed by atoms with Gasteiger partial charge in [0.05, 0.1) is 30.6 Å². The van der Waals surface area contributed by atoms with Gasteiger partial charge in [-0.25, -0.2) is 0 Å². The lowest BCUT2D eigenvalue weighted by Gasteiger charge is -2.28. The molecule has 3 aromatic rings. The maximum atomic E-state index is 5.77. The van der Waals surface area contributed by atoms with Gasteiger partial charge in [-0.1, -0.05) is 18.2 Å². The first kappa shape index (κ1) is 18.5. The molecule has 1 N–H and O–H groups in total. The summed E-state index contributed by atoms with van der Waals surface area (Å²) in [6.45, 7) is 4.35. The molecule has 0 aliphatic carbocycles. The Bertz CT molecular complexity index is 969. The summed E-state index contributed by atoms with van der Waals surface area (Å²) < 4.78 is 7.84. The Morgan fingerprint density at radius 2 is 1.89 bits per heavy atom. The third-order valence-corrected chi connectivity index (χ3v) is 5.43. The van der Waals surface area contributed by atoms with Gasteiger partial charge in [-0.05, 0) is 62.0 Å². The van der Waals surface area contributed by atoms with E-state index in [1.807, 2.05) is 48.7 Å². The van der Waals surface area contributed by atoms with Crippen molar-refractivity contribution in [3.63, 3.8) is 0 Å². The Labute approximate surface area is 171 Å². The standard InChI is InChI=1S/C22H24N4OS/c1-15(2)25-13-11-16(14-25)21-20(17-8-6-7-12-23-17)24-22(28)26(21)18-9-4-5-10-19(18)27-3/h4-15,20-21H,1-3H3,(H,24,28)/t20-,21+/m1/s1. The van der Waals surface area contributed by atoms with E-state index in [2.05, 4.69) is 52.1 Å². The van der Waals surface area contributed by atoms with E-state index in [4.69, 9.17) is 17.0 Å². The van der Waals surface area contributed by atoms with Gasteiger partial charge < -0.3 is 19.5 Å². The third kappa shape index (κ3) is 3.24. The first-order chi connectivity index (χ1) is 13.6. The van der Waals surface area contributed by atoms with E-state index in [-0.39, 0.29) is 12.1 Å². The van der Waals surface area contributed by atoms with Crippen LogP contribution in [0.5, 0.6) is 5.75 Å². The van der Waals surface area contributed by atoms with Crippen LogP contribution in [0, 0.1) is 0 Å². The van der Waals surface area contributed by atoms with E-state index >= 15 is 0 Å². The maximum absolute atomic E-state index is 5.77. The molecule has 28 heavy (non-hydrogen) atoms. The molecule has 1 saturated heterocycles. The summed E-state index contributed by atoms with van der Waals surface area (Å²) in [5.41, 5.74) is 3.09. The number of nitrogens with one attached hydrogen (secondary N) is 1. The van der Waals surface area contributed by atoms with E-state index in [1.165, 1.54) is 5.56 Å². The number of hydrogen-bond acceptors (Lipinski definition) is 3. The number of pyridine rings is 1. The van der Waals surface area contributed by atoms with Crippen molar-refractivity contribution in [3.05, 3.63) is 78.4 Å². The molecule has 5 nitrogen and oxygen atoms in total. The van der Waals surface area contributed by atoms with Crippen LogP contribution in [-0.4, -0.2) is 21.8 Å². The van der Waals surface area contributed by atoms with Crippen molar-refractivity contribution in [1.82, 2.24) is 14.9 Å². The van der Waals surface area contributed by atoms with Crippen molar-refractivity contribution < 1.29 is 4.74 Å². The number of aromatic nitrogens is 2. The van der Waals surface area contributed by atoms with E-state index in [0.717, 1.165) is 17.1 Å². The van der Waals surface area contributed by atoms with E-state index in [1.54, 1.807) is 7.11 Å². The highest BCUT2D eigenvalue weighted by Crippen LogP contribution is 2.44. The third-order valence-electron chi connectivity index (χ3n) is 5.12. The van der Waals surface area contributed by atoms with E-state index < -0.39 is 0 Å². The lowest BCUT2D eigenvalue weighted by atomic mass is 9.98. The Morgan fingerprint density at radius 3 is 2.57 bits per heavy atom. The van der Waals surface area contributed by atoms with Crippen molar-refractivity contribution >= 4 is 23.0 Å². The van der Waals surface area contributed by atoms with Gasteiger partial charge in [0.1, 0.15) is 5.75 Å². The van der Waals surface area contributed by atoms with Gasteiger partial charge >= 0.3 is 0 Å². The van der Waals surface area contributed by atoms with E-state index in [9.17, 15) is 0 Å². The minimum atomic E-state index is -0.0541. The average Bonchev–Trinajstić information content (AvgIpc) is 3.33. The van der Waals surface area contributed by atoms with Gasteiger partial charge in [0.2, 0.25) is 0 Å². The van der Waals surface area contributed by atoms with Crippen molar-refractivity contribution in [3.8, 4) is 5.75 Å². The molecular formula is C22H24N4OS. The van der Waals surface area contributed by atoms with Crippen LogP contribution in [0.3, 0.4) is 0 Å². The fraction of sp³-hybridized carbons (Fsp3) is 0.273. The Hall–Kier alpha value is -2.86. The lowest BCUT2D eigenvalue weighted by Crippen LogP contribution is -2.29. The second-order valence-corrected chi connectivity index (χ2v) is 7.54. The Kier molecular flexibility index (Phi) is 5.05.